The smallest absolute Gasteiger partial charge is 0.238 e. The molecule has 0 heterocycles. The Morgan fingerprint density at radius 1 is 1.33 bits per heavy atom. The zero-order valence-electron chi connectivity index (χ0n) is 11.4. The second-order valence-electron chi connectivity index (χ2n) is 4.67. The Morgan fingerprint density at radius 2 is 1.94 bits per heavy atom. The molecule has 0 atom stereocenters. The van der Waals surface area contributed by atoms with E-state index >= 15 is 0 Å². The summed E-state index contributed by atoms with van der Waals surface area (Å²) in [7, 11) is 0. The SMILES string of the molecule is CCN(Cc1ccccc1CC(=O)NN)C(C)C. The van der Waals surface area contributed by atoms with Gasteiger partial charge >= 0.3 is 0 Å². The highest BCUT2D eigenvalue weighted by Crippen LogP contribution is 2.14. The zero-order valence-corrected chi connectivity index (χ0v) is 11.4. The van der Waals surface area contributed by atoms with Gasteiger partial charge in [0.25, 0.3) is 0 Å². The van der Waals surface area contributed by atoms with Gasteiger partial charge in [0.05, 0.1) is 6.42 Å². The molecule has 100 valence electrons. The fourth-order valence-corrected chi connectivity index (χ4v) is 1.99. The number of nitrogens with zero attached hydrogens (tertiary/aromatic N) is 1. The van der Waals surface area contributed by atoms with E-state index in [1.165, 1.54) is 5.56 Å². The first-order chi connectivity index (χ1) is 8.58. The second kappa shape index (κ2) is 7.13. The van der Waals surface area contributed by atoms with Crippen molar-refractivity contribution in [1.82, 2.24) is 10.3 Å². The lowest BCUT2D eigenvalue weighted by atomic mass is 10.0. The quantitative estimate of drug-likeness (QED) is 0.456. The fourth-order valence-electron chi connectivity index (χ4n) is 1.99. The standard InChI is InChI=1S/C14H23N3O/c1-4-17(11(2)3)10-13-8-6-5-7-12(13)9-14(18)16-15/h5-8,11H,4,9-10,15H2,1-3H3,(H,16,18). The Bertz CT molecular complexity index is 390. The maximum Gasteiger partial charge on any atom is 0.238 e. The average Bonchev–Trinajstić information content (AvgIpc) is 2.37. The third-order valence-electron chi connectivity index (χ3n) is 3.14. The Balaban J connectivity index is 2.84. The van der Waals surface area contributed by atoms with Gasteiger partial charge in [-0.15, -0.1) is 0 Å². The first-order valence-corrected chi connectivity index (χ1v) is 6.38. The van der Waals surface area contributed by atoms with Crippen LogP contribution in [0, 0.1) is 0 Å². The summed E-state index contributed by atoms with van der Waals surface area (Å²) in [6.07, 6.45) is 0.336. The van der Waals surface area contributed by atoms with Gasteiger partial charge in [-0.25, -0.2) is 5.84 Å². The van der Waals surface area contributed by atoms with E-state index in [9.17, 15) is 4.79 Å². The molecule has 3 N–H and O–H groups in total. The van der Waals surface area contributed by atoms with E-state index in [0.717, 1.165) is 18.7 Å². The number of nitrogens with two attached hydrogens (primary N) is 1. The van der Waals surface area contributed by atoms with Crippen molar-refractivity contribution < 1.29 is 4.79 Å². The molecule has 0 bridgehead atoms. The average molecular weight is 249 g/mol. The van der Waals surface area contributed by atoms with E-state index in [4.69, 9.17) is 5.84 Å². The molecule has 4 heteroatoms. The number of amides is 1. The molecule has 0 unspecified atom stereocenters. The van der Waals surface area contributed by atoms with Crippen LogP contribution in [0.3, 0.4) is 0 Å². The molecule has 0 fully saturated rings. The molecule has 1 aromatic rings. The summed E-state index contributed by atoms with van der Waals surface area (Å²) in [5.74, 6) is 4.98. The molecule has 1 amide bonds. The van der Waals surface area contributed by atoms with Crippen molar-refractivity contribution in [2.45, 2.75) is 39.8 Å². The zero-order chi connectivity index (χ0) is 13.5. The predicted octanol–water partition coefficient (Wildman–Crippen LogP) is 1.45. The van der Waals surface area contributed by atoms with E-state index in [1.807, 2.05) is 18.2 Å². The molecule has 0 spiro atoms. The van der Waals surface area contributed by atoms with Crippen LogP contribution < -0.4 is 11.3 Å². The van der Waals surface area contributed by atoms with Crippen LogP contribution in [0.4, 0.5) is 0 Å². The molecular formula is C14H23N3O. The van der Waals surface area contributed by atoms with Gasteiger partial charge in [0, 0.05) is 12.6 Å². The Labute approximate surface area is 109 Å². The van der Waals surface area contributed by atoms with Crippen LogP contribution >= 0.6 is 0 Å². The van der Waals surface area contributed by atoms with E-state index in [-0.39, 0.29) is 5.91 Å². The van der Waals surface area contributed by atoms with Gasteiger partial charge in [-0.2, -0.15) is 0 Å². The maximum absolute atomic E-state index is 11.4. The molecule has 1 aromatic carbocycles. The molecule has 0 aromatic heterocycles. The van der Waals surface area contributed by atoms with Gasteiger partial charge < -0.3 is 0 Å². The van der Waals surface area contributed by atoms with Crippen LogP contribution in [0.25, 0.3) is 0 Å². The summed E-state index contributed by atoms with van der Waals surface area (Å²) in [5.41, 5.74) is 4.41. The molecule has 0 saturated carbocycles. The van der Waals surface area contributed by atoms with Crippen molar-refractivity contribution in [2.24, 2.45) is 5.84 Å². The summed E-state index contributed by atoms with van der Waals surface area (Å²) >= 11 is 0. The minimum Gasteiger partial charge on any atom is -0.297 e. The fraction of sp³-hybridized carbons (Fsp3) is 0.500. The summed E-state index contributed by atoms with van der Waals surface area (Å²) in [4.78, 5) is 13.7. The van der Waals surface area contributed by atoms with Crippen LogP contribution in [0.2, 0.25) is 0 Å². The Kier molecular flexibility index (Phi) is 5.82. The molecule has 0 aliphatic rings. The highest BCUT2D eigenvalue weighted by molar-refractivity contribution is 5.78. The molecule has 0 aliphatic heterocycles. The van der Waals surface area contributed by atoms with Crippen LogP contribution in [-0.4, -0.2) is 23.4 Å². The summed E-state index contributed by atoms with van der Waals surface area (Å²) in [6.45, 7) is 8.36. The lowest BCUT2D eigenvalue weighted by Crippen LogP contribution is -2.33. The Hall–Kier alpha value is -1.39. The van der Waals surface area contributed by atoms with E-state index in [0.29, 0.717) is 12.5 Å². The highest BCUT2D eigenvalue weighted by atomic mass is 16.2. The minimum atomic E-state index is -0.157. The number of hydrogen-bond donors (Lipinski definition) is 2. The number of benzene rings is 1. The normalized spacial score (nSPS) is 11.0. The third-order valence-corrected chi connectivity index (χ3v) is 3.14. The van der Waals surface area contributed by atoms with Crippen molar-refractivity contribution >= 4 is 5.91 Å². The predicted molar refractivity (Wildman–Crippen MR) is 73.7 cm³/mol. The first kappa shape index (κ1) is 14.7. The van der Waals surface area contributed by atoms with Crippen molar-refractivity contribution in [2.75, 3.05) is 6.54 Å². The molecule has 4 nitrogen and oxygen atoms in total. The summed E-state index contributed by atoms with van der Waals surface area (Å²) < 4.78 is 0. The lowest BCUT2D eigenvalue weighted by Gasteiger charge is -2.25. The summed E-state index contributed by atoms with van der Waals surface area (Å²) in [6, 6.07) is 8.51. The van der Waals surface area contributed by atoms with E-state index in [2.05, 4.69) is 37.2 Å². The number of hydrogen-bond acceptors (Lipinski definition) is 3. The number of nitrogens with one attached hydrogen (secondary N) is 1. The summed E-state index contributed by atoms with van der Waals surface area (Å²) in [5, 5.41) is 0. The van der Waals surface area contributed by atoms with Crippen LogP contribution in [0.1, 0.15) is 31.9 Å². The molecule has 1 rings (SSSR count). The first-order valence-electron chi connectivity index (χ1n) is 6.38. The monoisotopic (exact) mass is 249 g/mol. The number of rotatable bonds is 6. The number of carbonyl (C=O) groups is 1. The lowest BCUT2D eigenvalue weighted by molar-refractivity contribution is -0.120. The molecule has 0 radical (unpaired) electrons. The topological polar surface area (TPSA) is 58.4 Å². The van der Waals surface area contributed by atoms with Gasteiger partial charge in [0.1, 0.15) is 0 Å². The van der Waals surface area contributed by atoms with Crippen molar-refractivity contribution in [1.29, 1.82) is 0 Å². The number of carbonyl (C=O) groups excluding carboxylic acids is 1. The van der Waals surface area contributed by atoms with Gasteiger partial charge in [0.15, 0.2) is 0 Å². The van der Waals surface area contributed by atoms with Crippen molar-refractivity contribution in [3.05, 3.63) is 35.4 Å². The Morgan fingerprint density at radius 3 is 2.44 bits per heavy atom. The van der Waals surface area contributed by atoms with Crippen LogP contribution in [0.15, 0.2) is 24.3 Å². The van der Waals surface area contributed by atoms with Gasteiger partial charge in [-0.05, 0) is 31.5 Å². The van der Waals surface area contributed by atoms with Crippen molar-refractivity contribution in [3.8, 4) is 0 Å². The molecular weight excluding hydrogens is 226 g/mol. The minimum absolute atomic E-state index is 0.157. The van der Waals surface area contributed by atoms with E-state index < -0.39 is 0 Å². The second-order valence-corrected chi connectivity index (χ2v) is 4.67. The maximum atomic E-state index is 11.4. The van der Waals surface area contributed by atoms with Crippen LogP contribution in [-0.2, 0) is 17.8 Å². The molecule has 18 heavy (non-hydrogen) atoms. The largest absolute Gasteiger partial charge is 0.297 e. The number of hydrazine groups is 1. The van der Waals surface area contributed by atoms with E-state index in [1.54, 1.807) is 0 Å². The molecule has 0 saturated heterocycles. The third kappa shape index (κ3) is 4.13. The van der Waals surface area contributed by atoms with Gasteiger partial charge in [-0.3, -0.25) is 15.1 Å². The highest BCUT2D eigenvalue weighted by Gasteiger charge is 2.11. The van der Waals surface area contributed by atoms with Crippen molar-refractivity contribution in [3.63, 3.8) is 0 Å². The van der Waals surface area contributed by atoms with Gasteiger partial charge in [0.2, 0.25) is 5.91 Å². The van der Waals surface area contributed by atoms with Gasteiger partial charge in [-0.1, -0.05) is 31.2 Å². The molecule has 0 aliphatic carbocycles. The van der Waals surface area contributed by atoms with Crippen LogP contribution in [0.5, 0.6) is 0 Å².